The molecule has 1 N–H and O–H groups in total. The first-order valence-corrected chi connectivity index (χ1v) is 6.68. The summed E-state index contributed by atoms with van der Waals surface area (Å²) in [5, 5.41) is 0. The van der Waals surface area contributed by atoms with Gasteiger partial charge in [-0.2, -0.15) is 8.42 Å². The molecular weight excluding hydrogens is 232 g/mol. The van der Waals surface area contributed by atoms with Crippen molar-refractivity contribution in [1.29, 1.82) is 0 Å². The van der Waals surface area contributed by atoms with Crippen LogP contribution in [0.3, 0.4) is 0 Å². The summed E-state index contributed by atoms with van der Waals surface area (Å²) in [6.07, 6.45) is 5.26. The molecule has 1 aliphatic rings. The van der Waals surface area contributed by atoms with Gasteiger partial charge in [-0.15, -0.1) is 0 Å². The van der Waals surface area contributed by atoms with Crippen LogP contribution in [0.2, 0.25) is 0 Å². The van der Waals surface area contributed by atoms with Gasteiger partial charge >= 0.3 is 5.97 Å². The highest BCUT2D eigenvalue weighted by Crippen LogP contribution is 2.27. The van der Waals surface area contributed by atoms with Gasteiger partial charge in [0.2, 0.25) is 0 Å². The molecular formula is C10H16O5S. The van der Waals surface area contributed by atoms with Crippen LogP contribution < -0.4 is 0 Å². The molecule has 0 fully saturated rings. The molecule has 2 unspecified atom stereocenters. The van der Waals surface area contributed by atoms with E-state index in [9.17, 15) is 13.2 Å². The summed E-state index contributed by atoms with van der Waals surface area (Å²) < 4.78 is 35.0. The third-order valence-corrected chi connectivity index (χ3v) is 3.40. The number of carbonyl (C=O) groups is 1. The first kappa shape index (κ1) is 13.2. The Morgan fingerprint density at radius 2 is 2.25 bits per heavy atom. The molecule has 1 rings (SSSR count). The molecule has 0 aromatic heterocycles. The molecule has 6 heteroatoms. The summed E-state index contributed by atoms with van der Waals surface area (Å²) in [4.78, 5) is 11.6. The third-order valence-electron chi connectivity index (χ3n) is 2.47. The normalized spacial score (nSPS) is 26.7. The van der Waals surface area contributed by atoms with E-state index in [1.807, 2.05) is 6.08 Å². The van der Waals surface area contributed by atoms with Crippen LogP contribution in [0.1, 0.15) is 26.7 Å². The molecule has 0 spiro atoms. The second kappa shape index (κ2) is 4.55. The van der Waals surface area contributed by atoms with Crippen molar-refractivity contribution in [2.45, 2.75) is 32.3 Å². The Morgan fingerprint density at radius 3 is 2.69 bits per heavy atom. The van der Waals surface area contributed by atoms with Crippen molar-refractivity contribution >= 4 is 16.1 Å². The van der Waals surface area contributed by atoms with Crippen LogP contribution in [-0.4, -0.2) is 30.3 Å². The predicted molar refractivity (Wildman–Crippen MR) is 58.5 cm³/mol. The van der Waals surface area contributed by atoms with Crippen molar-refractivity contribution in [3.8, 4) is 0 Å². The first-order chi connectivity index (χ1) is 7.22. The highest BCUT2D eigenvalue weighted by molar-refractivity contribution is 7.85. The van der Waals surface area contributed by atoms with Gasteiger partial charge in [-0.1, -0.05) is 13.0 Å². The zero-order valence-corrected chi connectivity index (χ0v) is 10.2. The maximum Gasteiger partial charge on any atom is 0.310 e. The fourth-order valence-electron chi connectivity index (χ4n) is 1.59. The number of rotatable bonds is 4. The van der Waals surface area contributed by atoms with Crippen LogP contribution in [-0.2, 0) is 19.6 Å². The van der Waals surface area contributed by atoms with E-state index in [0.29, 0.717) is 6.42 Å². The molecule has 1 aliphatic carbocycles. The minimum atomic E-state index is -4.14. The minimum absolute atomic E-state index is 0.605. The molecule has 0 aromatic rings. The fraction of sp³-hybridized carbons (Fsp3) is 0.700. The molecule has 0 amide bonds. The standard InChI is InChI=1S/C10H16O5S/c1-8(7-16(12,13)14)9(11)15-10(2)5-3-4-6-10/h3,5,8H,4,6-7H2,1-2H3,(H,12,13,14). The van der Waals surface area contributed by atoms with Crippen LogP contribution in [0.25, 0.3) is 0 Å². The van der Waals surface area contributed by atoms with E-state index < -0.39 is 33.4 Å². The van der Waals surface area contributed by atoms with Crippen molar-refractivity contribution in [2.75, 3.05) is 5.75 Å². The maximum absolute atomic E-state index is 11.6. The molecule has 0 radical (unpaired) electrons. The molecule has 0 aliphatic heterocycles. The average molecular weight is 248 g/mol. The number of hydrogen-bond acceptors (Lipinski definition) is 4. The summed E-state index contributed by atoms with van der Waals surface area (Å²) >= 11 is 0. The summed E-state index contributed by atoms with van der Waals surface area (Å²) in [7, 11) is -4.14. The largest absolute Gasteiger partial charge is 0.455 e. The Morgan fingerprint density at radius 1 is 1.62 bits per heavy atom. The Labute approximate surface area is 95.2 Å². The SMILES string of the molecule is CC(CS(=O)(=O)O)C(=O)OC1(C)C=CCC1. The van der Waals surface area contributed by atoms with Crippen LogP contribution >= 0.6 is 0 Å². The van der Waals surface area contributed by atoms with Crippen molar-refractivity contribution in [3.05, 3.63) is 12.2 Å². The molecule has 0 heterocycles. The van der Waals surface area contributed by atoms with Gasteiger partial charge in [-0.3, -0.25) is 9.35 Å². The van der Waals surface area contributed by atoms with Gasteiger partial charge in [-0.25, -0.2) is 0 Å². The topological polar surface area (TPSA) is 80.7 Å². The molecule has 0 aromatic carbocycles. The first-order valence-electron chi connectivity index (χ1n) is 5.08. The van der Waals surface area contributed by atoms with Gasteiger partial charge in [0.05, 0.1) is 11.7 Å². The fourth-order valence-corrected chi connectivity index (χ4v) is 2.35. The summed E-state index contributed by atoms with van der Waals surface area (Å²) in [5.41, 5.74) is -0.634. The van der Waals surface area contributed by atoms with E-state index in [-0.39, 0.29) is 0 Å². The smallest absolute Gasteiger partial charge is 0.310 e. The predicted octanol–water partition coefficient (Wildman–Crippen LogP) is 1.16. The maximum atomic E-state index is 11.6. The average Bonchev–Trinajstić information content (AvgIpc) is 2.48. The lowest BCUT2D eigenvalue weighted by Gasteiger charge is -2.24. The van der Waals surface area contributed by atoms with Gasteiger partial charge in [0.25, 0.3) is 10.1 Å². The highest BCUT2D eigenvalue weighted by atomic mass is 32.2. The van der Waals surface area contributed by atoms with Gasteiger partial charge < -0.3 is 4.74 Å². The van der Waals surface area contributed by atoms with Crippen LogP contribution in [0.15, 0.2) is 12.2 Å². The van der Waals surface area contributed by atoms with Crippen molar-refractivity contribution in [3.63, 3.8) is 0 Å². The summed E-state index contributed by atoms with van der Waals surface area (Å²) in [6, 6.07) is 0. The Balaban J connectivity index is 2.55. The number of hydrogen-bond donors (Lipinski definition) is 1. The summed E-state index contributed by atoms with van der Waals surface area (Å²) in [5.74, 6) is -2.07. The van der Waals surface area contributed by atoms with Gasteiger partial charge in [-0.05, 0) is 25.8 Å². The molecule has 0 saturated heterocycles. The van der Waals surface area contributed by atoms with Crippen LogP contribution in [0.5, 0.6) is 0 Å². The zero-order chi connectivity index (χ0) is 12.4. The Hall–Kier alpha value is -0.880. The van der Waals surface area contributed by atoms with E-state index in [1.54, 1.807) is 13.0 Å². The van der Waals surface area contributed by atoms with Gasteiger partial charge in [0.1, 0.15) is 5.60 Å². The van der Waals surface area contributed by atoms with E-state index >= 15 is 0 Å². The van der Waals surface area contributed by atoms with E-state index in [2.05, 4.69) is 0 Å². The molecule has 92 valence electrons. The zero-order valence-electron chi connectivity index (χ0n) is 9.34. The van der Waals surface area contributed by atoms with E-state index in [1.165, 1.54) is 6.92 Å². The molecule has 0 saturated carbocycles. The molecule has 16 heavy (non-hydrogen) atoms. The lowest BCUT2D eigenvalue weighted by atomic mass is 10.1. The van der Waals surface area contributed by atoms with Crippen LogP contribution in [0.4, 0.5) is 0 Å². The van der Waals surface area contributed by atoms with Crippen molar-refractivity contribution in [2.24, 2.45) is 5.92 Å². The monoisotopic (exact) mass is 248 g/mol. The molecule has 2 atom stereocenters. The van der Waals surface area contributed by atoms with Gasteiger partial charge in [0, 0.05) is 0 Å². The van der Waals surface area contributed by atoms with Crippen molar-refractivity contribution in [1.82, 2.24) is 0 Å². The van der Waals surface area contributed by atoms with Crippen molar-refractivity contribution < 1.29 is 22.5 Å². The lowest BCUT2D eigenvalue weighted by molar-refractivity contribution is -0.157. The minimum Gasteiger partial charge on any atom is -0.455 e. The summed E-state index contributed by atoms with van der Waals surface area (Å²) in [6.45, 7) is 3.19. The highest BCUT2D eigenvalue weighted by Gasteiger charge is 2.31. The molecule has 5 nitrogen and oxygen atoms in total. The van der Waals surface area contributed by atoms with Crippen LogP contribution in [0, 0.1) is 5.92 Å². The Bertz CT molecular complexity index is 397. The number of carbonyl (C=O) groups excluding carboxylic acids is 1. The second-order valence-electron chi connectivity index (χ2n) is 4.32. The van der Waals surface area contributed by atoms with Gasteiger partial charge in [0.15, 0.2) is 0 Å². The van der Waals surface area contributed by atoms with E-state index in [4.69, 9.17) is 9.29 Å². The number of allylic oxidation sites excluding steroid dienone is 1. The number of ether oxygens (including phenoxy) is 1. The van der Waals surface area contributed by atoms with E-state index in [0.717, 1.165) is 6.42 Å². The number of esters is 1. The quantitative estimate of drug-likeness (QED) is 0.459. The molecule has 0 bridgehead atoms. The lowest BCUT2D eigenvalue weighted by Crippen LogP contribution is -2.32. The third kappa shape index (κ3) is 3.94. The second-order valence-corrected chi connectivity index (χ2v) is 5.82. The Kier molecular flexibility index (Phi) is 3.75.